The van der Waals surface area contributed by atoms with Crippen molar-refractivity contribution in [1.82, 2.24) is 9.97 Å². The molecule has 2 rings (SSSR count). The Balaban J connectivity index is 2.14. The van der Waals surface area contributed by atoms with Gasteiger partial charge in [-0.05, 0) is 26.7 Å². The second-order valence-electron chi connectivity index (χ2n) is 4.91. The van der Waals surface area contributed by atoms with E-state index >= 15 is 0 Å². The predicted molar refractivity (Wildman–Crippen MR) is 66.9 cm³/mol. The van der Waals surface area contributed by atoms with Gasteiger partial charge < -0.3 is 10.6 Å². The topological polar surface area (TPSA) is 55.0 Å². The molecule has 2 N–H and O–H groups in total. The van der Waals surface area contributed by atoms with Gasteiger partial charge in [0.2, 0.25) is 0 Å². The van der Waals surface area contributed by atoms with Crippen molar-refractivity contribution >= 4 is 11.6 Å². The Morgan fingerprint density at radius 2 is 1.74 bits per heavy atom. The van der Waals surface area contributed by atoms with Crippen LogP contribution in [0.5, 0.6) is 0 Å². The number of piperidine rings is 1. The first-order valence-corrected chi connectivity index (χ1v) is 6.21. The minimum absolute atomic E-state index is 0.103. The molecular weight excluding hydrogens is 257 g/mol. The Kier molecular flexibility index (Phi) is 3.56. The number of alkyl halides is 3. The monoisotopic (exact) mass is 274 g/mol. The fourth-order valence-corrected chi connectivity index (χ4v) is 2.36. The largest absolute Gasteiger partial charge is 0.391 e. The van der Waals surface area contributed by atoms with Gasteiger partial charge in [-0.15, -0.1) is 0 Å². The number of aryl methyl sites for hydroxylation is 1. The van der Waals surface area contributed by atoms with E-state index in [1.807, 2.05) is 4.90 Å². The lowest BCUT2D eigenvalue weighted by Crippen LogP contribution is -2.39. The maximum Gasteiger partial charge on any atom is 0.391 e. The lowest BCUT2D eigenvalue weighted by atomic mass is 9.96. The standard InChI is InChI=1S/C12H17F3N4/c1-7-10(16)17-8(2)18-11(7)19-5-3-9(4-6-19)12(13,14)15/h9H,3-6H2,1-2H3,(H2,16,17,18). The van der Waals surface area contributed by atoms with Gasteiger partial charge in [0.15, 0.2) is 0 Å². The van der Waals surface area contributed by atoms with E-state index in [1.54, 1.807) is 13.8 Å². The van der Waals surface area contributed by atoms with E-state index in [9.17, 15) is 13.2 Å². The molecule has 0 aliphatic carbocycles. The van der Waals surface area contributed by atoms with E-state index in [4.69, 9.17) is 5.73 Å². The third-order valence-electron chi connectivity index (χ3n) is 3.53. The number of rotatable bonds is 1. The molecule has 1 saturated heterocycles. The van der Waals surface area contributed by atoms with Gasteiger partial charge in [-0.2, -0.15) is 13.2 Å². The van der Waals surface area contributed by atoms with Crippen molar-refractivity contribution in [2.45, 2.75) is 32.9 Å². The van der Waals surface area contributed by atoms with Crippen LogP contribution < -0.4 is 10.6 Å². The summed E-state index contributed by atoms with van der Waals surface area (Å²) in [5, 5.41) is 0. The molecule has 1 aromatic rings. The average Bonchev–Trinajstić information content (AvgIpc) is 2.33. The summed E-state index contributed by atoms with van der Waals surface area (Å²) in [5.74, 6) is 0.381. The van der Waals surface area contributed by atoms with E-state index in [-0.39, 0.29) is 12.8 Å². The summed E-state index contributed by atoms with van der Waals surface area (Å²) in [7, 11) is 0. The number of nitrogens with two attached hydrogens (primary N) is 1. The highest BCUT2D eigenvalue weighted by Gasteiger charge is 2.41. The Labute approximate surface area is 109 Å². The van der Waals surface area contributed by atoms with Crippen LogP contribution in [0.4, 0.5) is 24.8 Å². The van der Waals surface area contributed by atoms with Crippen LogP contribution in [0.3, 0.4) is 0 Å². The summed E-state index contributed by atoms with van der Waals surface area (Å²) < 4.78 is 37.8. The molecule has 0 spiro atoms. The van der Waals surface area contributed by atoms with Crippen LogP contribution in [0.15, 0.2) is 0 Å². The number of nitrogens with zero attached hydrogens (tertiary/aromatic N) is 3. The molecule has 1 aliphatic heterocycles. The van der Waals surface area contributed by atoms with Crippen molar-refractivity contribution in [3.8, 4) is 0 Å². The number of nitrogen functional groups attached to an aromatic ring is 1. The molecule has 0 aromatic carbocycles. The van der Waals surface area contributed by atoms with Crippen molar-refractivity contribution in [3.63, 3.8) is 0 Å². The highest BCUT2D eigenvalue weighted by molar-refractivity contribution is 5.56. The smallest absolute Gasteiger partial charge is 0.383 e. The first-order valence-electron chi connectivity index (χ1n) is 6.21. The lowest BCUT2D eigenvalue weighted by molar-refractivity contribution is -0.179. The highest BCUT2D eigenvalue weighted by atomic mass is 19.4. The van der Waals surface area contributed by atoms with Crippen molar-refractivity contribution < 1.29 is 13.2 Å². The molecule has 7 heteroatoms. The maximum absolute atomic E-state index is 12.6. The minimum atomic E-state index is -4.10. The molecule has 2 heterocycles. The fourth-order valence-electron chi connectivity index (χ4n) is 2.36. The van der Waals surface area contributed by atoms with Gasteiger partial charge in [-0.1, -0.05) is 0 Å². The number of aromatic nitrogens is 2. The maximum atomic E-state index is 12.6. The molecular formula is C12H17F3N4. The fraction of sp³-hybridized carbons (Fsp3) is 0.667. The Bertz CT molecular complexity index is 465. The Morgan fingerprint density at radius 1 is 1.16 bits per heavy atom. The molecule has 0 bridgehead atoms. The summed E-state index contributed by atoms with van der Waals surface area (Å²) in [5.41, 5.74) is 6.50. The van der Waals surface area contributed by atoms with Crippen LogP contribution in [-0.2, 0) is 0 Å². The van der Waals surface area contributed by atoms with E-state index in [0.29, 0.717) is 30.5 Å². The van der Waals surface area contributed by atoms with Gasteiger partial charge in [0.1, 0.15) is 17.5 Å². The quantitative estimate of drug-likeness (QED) is 0.854. The number of hydrogen-bond acceptors (Lipinski definition) is 4. The summed E-state index contributed by atoms with van der Waals surface area (Å²) >= 11 is 0. The first kappa shape index (κ1) is 13.9. The van der Waals surface area contributed by atoms with Gasteiger partial charge in [-0.25, -0.2) is 9.97 Å². The lowest BCUT2D eigenvalue weighted by Gasteiger charge is -2.34. The van der Waals surface area contributed by atoms with Crippen LogP contribution in [-0.4, -0.2) is 29.2 Å². The van der Waals surface area contributed by atoms with Gasteiger partial charge >= 0.3 is 6.18 Å². The minimum Gasteiger partial charge on any atom is -0.383 e. The number of anilines is 2. The van der Waals surface area contributed by atoms with Gasteiger partial charge in [0, 0.05) is 18.7 Å². The van der Waals surface area contributed by atoms with Crippen LogP contribution >= 0.6 is 0 Å². The molecule has 106 valence electrons. The number of halogens is 3. The Morgan fingerprint density at radius 3 is 2.26 bits per heavy atom. The summed E-state index contributed by atoms with van der Waals surface area (Å²) in [6, 6.07) is 0. The van der Waals surface area contributed by atoms with Crippen molar-refractivity contribution in [1.29, 1.82) is 0 Å². The molecule has 4 nitrogen and oxygen atoms in total. The van der Waals surface area contributed by atoms with Crippen LogP contribution in [0.1, 0.15) is 24.2 Å². The highest BCUT2D eigenvalue weighted by Crippen LogP contribution is 2.35. The SMILES string of the molecule is Cc1nc(N)c(C)c(N2CCC(C(F)(F)F)CC2)n1. The normalized spacial score (nSPS) is 17.8. The molecule has 0 atom stereocenters. The first-order chi connectivity index (χ1) is 8.79. The average molecular weight is 274 g/mol. The third kappa shape index (κ3) is 2.90. The molecule has 1 fully saturated rings. The third-order valence-corrected chi connectivity index (χ3v) is 3.53. The predicted octanol–water partition coefficient (Wildman–Crippen LogP) is 2.45. The second kappa shape index (κ2) is 4.86. The van der Waals surface area contributed by atoms with Crippen molar-refractivity contribution in [3.05, 3.63) is 11.4 Å². The Hall–Kier alpha value is -1.53. The molecule has 0 saturated carbocycles. The summed E-state index contributed by atoms with van der Waals surface area (Å²) in [6.07, 6.45) is -3.89. The molecule has 0 unspecified atom stereocenters. The van der Waals surface area contributed by atoms with E-state index < -0.39 is 12.1 Å². The molecule has 0 amide bonds. The molecule has 19 heavy (non-hydrogen) atoms. The zero-order valence-electron chi connectivity index (χ0n) is 11.0. The molecule has 0 radical (unpaired) electrons. The molecule has 1 aromatic heterocycles. The molecule has 1 aliphatic rings. The summed E-state index contributed by atoms with van der Waals surface area (Å²) in [6.45, 7) is 4.21. The van der Waals surface area contributed by atoms with Crippen LogP contribution in [0.2, 0.25) is 0 Å². The number of hydrogen-bond donors (Lipinski definition) is 1. The van der Waals surface area contributed by atoms with Gasteiger partial charge in [0.05, 0.1) is 5.92 Å². The van der Waals surface area contributed by atoms with Gasteiger partial charge in [-0.3, -0.25) is 0 Å². The van der Waals surface area contributed by atoms with Crippen molar-refractivity contribution in [2.75, 3.05) is 23.7 Å². The second-order valence-corrected chi connectivity index (χ2v) is 4.91. The van der Waals surface area contributed by atoms with Gasteiger partial charge in [0.25, 0.3) is 0 Å². The van der Waals surface area contributed by atoms with Crippen molar-refractivity contribution in [2.24, 2.45) is 5.92 Å². The summed E-state index contributed by atoms with van der Waals surface area (Å²) in [4.78, 5) is 10.2. The van der Waals surface area contributed by atoms with E-state index in [2.05, 4.69) is 9.97 Å². The zero-order chi connectivity index (χ0) is 14.2. The van der Waals surface area contributed by atoms with E-state index in [1.165, 1.54) is 0 Å². The van der Waals surface area contributed by atoms with Crippen LogP contribution in [0, 0.1) is 19.8 Å². The zero-order valence-corrected chi connectivity index (χ0v) is 11.0. The van der Waals surface area contributed by atoms with E-state index in [0.717, 1.165) is 5.56 Å². The van der Waals surface area contributed by atoms with Crippen LogP contribution in [0.25, 0.3) is 0 Å².